The molecule has 1 fully saturated rings. The van der Waals surface area contributed by atoms with Gasteiger partial charge in [0.1, 0.15) is 5.41 Å². The molecule has 0 radical (unpaired) electrons. The molecule has 0 spiro atoms. The molecule has 3 atom stereocenters. The summed E-state index contributed by atoms with van der Waals surface area (Å²) < 4.78 is 0. The van der Waals surface area contributed by atoms with Crippen molar-refractivity contribution in [2.24, 2.45) is 5.41 Å². The van der Waals surface area contributed by atoms with Gasteiger partial charge in [0.05, 0.1) is 18.2 Å². The predicted octanol–water partition coefficient (Wildman–Crippen LogP) is 1.69. The van der Waals surface area contributed by atoms with Crippen LogP contribution in [0.2, 0.25) is 0 Å². The summed E-state index contributed by atoms with van der Waals surface area (Å²) in [6.07, 6.45) is 3.68. The van der Waals surface area contributed by atoms with Crippen molar-refractivity contribution in [2.75, 3.05) is 7.05 Å². The predicted molar refractivity (Wildman–Crippen MR) is 65.0 cm³/mol. The number of aliphatic hydroxyl groups excluding tert-OH is 1. The van der Waals surface area contributed by atoms with E-state index in [0.29, 0.717) is 6.42 Å². The molecule has 0 aromatic rings. The standard InChI is InChI=1S/C13H22N2O2/c1-4-13(2,9-14)12(17)15(3)10-7-5-6-8-11(10)16/h10-11,16H,4-8H2,1-3H3. The fourth-order valence-electron chi connectivity index (χ4n) is 2.36. The zero-order valence-electron chi connectivity index (χ0n) is 10.9. The van der Waals surface area contributed by atoms with Gasteiger partial charge >= 0.3 is 0 Å². The Balaban J connectivity index is 2.78. The molecule has 0 saturated heterocycles. The largest absolute Gasteiger partial charge is 0.391 e. The maximum absolute atomic E-state index is 12.3. The second-order valence-electron chi connectivity index (χ2n) is 5.13. The molecule has 96 valence electrons. The lowest BCUT2D eigenvalue weighted by Crippen LogP contribution is -2.50. The molecule has 1 saturated carbocycles. The molecule has 3 unspecified atom stereocenters. The summed E-state index contributed by atoms with van der Waals surface area (Å²) >= 11 is 0. The molecular weight excluding hydrogens is 216 g/mol. The van der Waals surface area contributed by atoms with E-state index < -0.39 is 11.5 Å². The van der Waals surface area contributed by atoms with E-state index >= 15 is 0 Å². The number of rotatable bonds is 3. The van der Waals surface area contributed by atoms with Gasteiger partial charge in [0.25, 0.3) is 0 Å². The van der Waals surface area contributed by atoms with E-state index in [1.807, 2.05) is 6.92 Å². The van der Waals surface area contributed by atoms with Gasteiger partial charge in [-0.1, -0.05) is 19.8 Å². The second kappa shape index (κ2) is 5.50. The topological polar surface area (TPSA) is 64.3 Å². The summed E-state index contributed by atoms with van der Waals surface area (Å²) in [6, 6.07) is 1.96. The number of amides is 1. The van der Waals surface area contributed by atoms with Crippen molar-refractivity contribution in [2.45, 2.75) is 58.1 Å². The Kier molecular flexibility index (Phi) is 4.53. The van der Waals surface area contributed by atoms with Crippen LogP contribution < -0.4 is 0 Å². The maximum Gasteiger partial charge on any atom is 0.242 e. The second-order valence-corrected chi connectivity index (χ2v) is 5.13. The summed E-state index contributed by atoms with van der Waals surface area (Å²) in [5.41, 5.74) is -0.966. The van der Waals surface area contributed by atoms with Crippen LogP contribution in [0.25, 0.3) is 0 Å². The summed E-state index contributed by atoms with van der Waals surface area (Å²) in [4.78, 5) is 13.8. The number of likely N-dealkylation sites (N-methyl/N-ethyl adjacent to an activating group) is 1. The molecule has 0 bridgehead atoms. The average molecular weight is 238 g/mol. The van der Waals surface area contributed by atoms with E-state index in [-0.39, 0.29) is 11.9 Å². The number of nitriles is 1. The Bertz CT molecular complexity index is 324. The molecule has 1 N–H and O–H groups in total. The van der Waals surface area contributed by atoms with Gasteiger partial charge in [0.2, 0.25) is 5.91 Å². The lowest BCUT2D eigenvalue weighted by molar-refractivity contribution is -0.142. The monoisotopic (exact) mass is 238 g/mol. The van der Waals surface area contributed by atoms with E-state index in [4.69, 9.17) is 5.26 Å². The van der Waals surface area contributed by atoms with Crippen LogP contribution in [0.4, 0.5) is 0 Å². The smallest absolute Gasteiger partial charge is 0.242 e. The third-order valence-electron chi connectivity index (χ3n) is 3.94. The van der Waals surface area contributed by atoms with E-state index in [9.17, 15) is 9.90 Å². The molecule has 0 aliphatic heterocycles. The molecule has 1 rings (SSSR count). The summed E-state index contributed by atoms with van der Waals surface area (Å²) in [6.45, 7) is 3.51. The maximum atomic E-state index is 12.3. The van der Waals surface area contributed by atoms with Crippen LogP contribution in [0.3, 0.4) is 0 Å². The van der Waals surface area contributed by atoms with E-state index in [1.54, 1.807) is 18.9 Å². The first-order valence-electron chi connectivity index (χ1n) is 6.33. The van der Waals surface area contributed by atoms with Crippen LogP contribution in [-0.4, -0.2) is 35.1 Å². The number of hydrogen-bond donors (Lipinski definition) is 1. The van der Waals surface area contributed by atoms with Gasteiger partial charge in [-0.25, -0.2) is 0 Å². The Morgan fingerprint density at radius 1 is 1.53 bits per heavy atom. The van der Waals surface area contributed by atoms with Gasteiger partial charge in [0, 0.05) is 7.05 Å². The van der Waals surface area contributed by atoms with Crippen LogP contribution in [-0.2, 0) is 4.79 Å². The fourth-order valence-corrected chi connectivity index (χ4v) is 2.36. The van der Waals surface area contributed by atoms with Crippen LogP contribution in [0.15, 0.2) is 0 Å². The minimum absolute atomic E-state index is 0.129. The quantitative estimate of drug-likeness (QED) is 0.813. The zero-order chi connectivity index (χ0) is 13.1. The van der Waals surface area contributed by atoms with Crippen molar-refractivity contribution in [3.63, 3.8) is 0 Å². The highest BCUT2D eigenvalue weighted by atomic mass is 16.3. The van der Waals surface area contributed by atoms with Gasteiger partial charge in [-0.2, -0.15) is 5.26 Å². The normalized spacial score (nSPS) is 27.9. The molecule has 0 heterocycles. The summed E-state index contributed by atoms with van der Waals surface area (Å²) in [5, 5.41) is 19.0. The van der Waals surface area contributed by atoms with Crippen molar-refractivity contribution < 1.29 is 9.90 Å². The van der Waals surface area contributed by atoms with Crippen LogP contribution in [0, 0.1) is 16.7 Å². The minimum atomic E-state index is -0.966. The van der Waals surface area contributed by atoms with Crippen molar-refractivity contribution in [3.8, 4) is 6.07 Å². The highest BCUT2D eigenvalue weighted by molar-refractivity contribution is 5.85. The van der Waals surface area contributed by atoms with E-state index in [2.05, 4.69) is 6.07 Å². The van der Waals surface area contributed by atoms with E-state index in [1.165, 1.54) is 0 Å². The lowest BCUT2D eigenvalue weighted by Gasteiger charge is -2.38. The van der Waals surface area contributed by atoms with Crippen molar-refractivity contribution in [3.05, 3.63) is 0 Å². The van der Waals surface area contributed by atoms with E-state index in [0.717, 1.165) is 25.7 Å². The average Bonchev–Trinajstić information content (AvgIpc) is 2.36. The Morgan fingerprint density at radius 2 is 2.12 bits per heavy atom. The van der Waals surface area contributed by atoms with Crippen LogP contribution in [0.1, 0.15) is 46.0 Å². The Morgan fingerprint density at radius 3 is 2.59 bits per heavy atom. The number of aliphatic hydroxyl groups is 1. The first kappa shape index (κ1) is 14.0. The molecule has 4 heteroatoms. The Labute approximate surface area is 103 Å². The van der Waals surface area contributed by atoms with Crippen molar-refractivity contribution in [1.82, 2.24) is 4.90 Å². The molecular formula is C13H22N2O2. The Hall–Kier alpha value is -1.08. The van der Waals surface area contributed by atoms with Crippen molar-refractivity contribution >= 4 is 5.91 Å². The molecule has 1 aliphatic carbocycles. The summed E-state index contributed by atoms with van der Waals surface area (Å²) in [7, 11) is 1.70. The molecule has 4 nitrogen and oxygen atoms in total. The highest BCUT2D eigenvalue weighted by Crippen LogP contribution is 2.28. The number of carbonyl (C=O) groups excluding carboxylic acids is 1. The third kappa shape index (κ3) is 2.78. The van der Waals surface area contributed by atoms with Gasteiger partial charge in [0.15, 0.2) is 0 Å². The van der Waals surface area contributed by atoms with Crippen LogP contribution >= 0.6 is 0 Å². The lowest BCUT2D eigenvalue weighted by atomic mass is 9.85. The highest BCUT2D eigenvalue weighted by Gasteiger charge is 2.38. The number of carbonyl (C=O) groups is 1. The molecule has 1 aliphatic rings. The summed E-state index contributed by atoms with van der Waals surface area (Å²) in [5.74, 6) is -0.173. The molecule has 17 heavy (non-hydrogen) atoms. The van der Waals surface area contributed by atoms with Crippen molar-refractivity contribution in [1.29, 1.82) is 5.26 Å². The third-order valence-corrected chi connectivity index (χ3v) is 3.94. The zero-order valence-corrected chi connectivity index (χ0v) is 10.9. The molecule has 0 aromatic carbocycles. The first-order chi connectivity index (χ1) is 7.96. The van der Waals surface area contributed by atoms with Gasteiger partial charge < -0.3 is 10.0 Å². The molecule has 1 amide bonds. The van der Waals surface area contributed by atoms with Crippen LogP contribution in [0.5, 0.6) is 0 Å². The van der Waals surface area contributed by atoms with Gasteiger partial charge in [-0.3, -0.25) is 4.79 Å². The number of hydrogen-bond acceptors (Lipinski definition) is 3. The number of nitrogens with zero attached hydrogens (tertiary/aromatic N) is 2. The molecule has 0 aromatic heterocycles. The minimum Gasteiger partial charge on any atom is -0.391 e. The first-order valence-corrected chi connectivity index (χ1v) is 6.33. The van der Waals surface area contributed by atoms with Gasteiger partial charge in [-0.15, -0.1) is 0 Å². The fraction of sp³-hybridized carbons (Fsp3) is 0.846. The van der Waals surface area contributed by atoms with Gasteiger partial charge in [-0.05, 0) is 26.2 Å². The SMILES string of the molecule is CCC(C)(C#N)C(=O)N(C)C1CCCCC1O.